The summed E-state index contributed by atoms with van der Waals surface area (Å²) in [7, 11) is 1.17. The van der Waals surface area contributed by atoms with Gasteiger partial charge >= 0.3 is 11.9 Å². The van der Waals surface area contributed by atoms with Crippen molar-refractivity contribution in [3.8, 4) is 0 Å². The molecule has 0 aliphatic carbocycles. The van der Waals surface area contributed by atoms with E-state index in [9.17, 15) is 27.6 Å². The van der Waals surface area contributed by atoms with Gasteiger partial charge in [0, 0.05) is 29.7 Å². The third-order valence-corrected chi connectivity index (χ3v) is 4.86. The van der Waals surface area contributed by atoms with E-state index in [-0.39, 0.29) is 35.2 Å². The molecule has 3 rings (SSSR count). The summed E-state index contributed by atoms with van der Waals surface area (Å²) < 4.78 is 45.6. The molecule has 162 valence electrons. The van der Waals surface area contributed by atoms with Crippen LogP contribution < -0.4 is 5.56 Å². The smallest absolute Gasteiger partial charge is 0.335 e. The Hall–Kier alpha value is -3.82. The molecule has 0 saturated carbocycles. The van der Waals surface area contributed by atoms with Gasteiger partial charge in [0.2, 0.25) is 0 Å². The molecule has 10 heteroatoms. The first kappa shape index (κ1) is 21.9. The van der Waals surface area contributed by atoms with Gasteiger partial charge in [-0.3, -0.25) is 14.7 Å². The Morgan fingerprint density at radius 2 is 1.68 bits per heavy atom. The van der Waals surface area contributed by atoms with E-state index in [4.69, 9.17) is 9.84 Å². The molecule has 3 aromatic rings. The average molecular weight is 434 g/mol. The molecule has 1 heterocycles. The third-order valence-electron chi connectivity index (χ3n) is 4.86. The third kappa shape index (κ3) is 4.68. The molecule has 0 aliphatic rings. The van der Waals surface area contributed by atoms with E-state index in [1.165, 1.54) is 31.4 Å². The zero-order chi connectivity index (χ0) is 22.7. The Labute approximate surface area is 173 Å². The molecule has 0 radical (unpaired) electrons. The van der Waals surface area contributed by atoms with Crippen LogP contribution in [-0.4, -0.2) is 34.4 Å². The number of carboxylic acid groups (broad SMARTS) is 1. The van der Waals surface area contributed by atoms with Crippen molar-refractivity contribution in [2.45, 2.75) is 18.8 Å². The standard InChI is InChI=1S/C21H17F3N2O5/c1-31-18(27)8-13(10-2-4-11(5-3-10)21(29)30)19-17(25-26-20(19)28)7-12-6-15(23)16(24)9-14(12)22/h2-6,9,13H,7-8H2,1H3,(H,29,30)(H2,25,26,28). The lowest BCUT2D eigenvalue weighted by Crippen LogP contribution is -2.18. The zero-order valence-corrected chi connectivity index (χ0v) is 16.2. The molecule has 0 spiro atoms. The van der Waals surface area contributed by atoms with Crippen LogP contribution in [-0.2, 0) is 16.0 Å². The van der Waals surface area contributed by atoms with Crippen LogP contribution in [0.4, 0.5) is 13.2 Å². The second kappa shape index (κ2) is 8.90. The first-order valence-electron chi connectivity index (χ1n) is 9.04. The second-order valence-electron chi connectivity index (χ2n) is 6.77. The summed E-state index contributed by atoms with van der Waals surface area (Å²) in [5.74, 6) is -6.24. The molecule has 7 nitrogen and oxygen atoms in total. The minimum absolute atomic E-state index is 0.00706. The second-order valence-corrected chi connectivity index (χ2v) is 6.77. The number of benzene rings is 2. The summed E-state index contributed by atoms with van der Waals surface area (Å²) in [5, 5.41) is 14.0. The molecule has 1 aromatic heterocycles. The molecule has 2 aromatic carbocycles. The minimum atomic E-state index is -1.34. The SMILES string of the molecule is COC(=O)CC(c1ccc(C(=O)O)cc1)c1c(Cc2cc(F)c(F)cc2F)[nH][nH]c1=O. The van der Waals surface area contributed by atoms with Crippen molar-refractivity contribution in [3.05, 3.63) is 92.2 Å². The number of methoxy groups -OCH3 is 1. The predicted molar refractivity (Wildman–Crippen MR) is 102 cm³/mol. The highest BCUT2D eigenvalue weighted by atomic mass is 19.2. The number of H-pyrrole nitrogens is 2. The molecule has 0 aliphatic heterocycles. The number of ether oxygens (including phenoxy) is 1. The van der Waals surface area contributed by atoms with Gasteiger partial charge in [0.05, 0.1) is 19.1 Å². The van der Waals surface area contributed by atoms with Crippen LogP contribution in [0.25, 0.3) is 0 Å². The Bertz CT molecular complexity index is 1180. The van der Waals surface area contributed by atoms with E-state index in [0.29, 0.717) is 17.7 Å². The maximum Gasteiger partial charge on any atom is 0.335 e. The van der Waals surface area contributed by atoms with E-state index in [1.807, 2.05) is 0 Å². The van der Waals surface area contributed by atoms with Gasteiger partial charge in [0.1, 0.15) is 5.82 Å². The van der Waals surface area contributed by atoms with Crippen LogP contribution in [0, 0.1) is 17.5 Å². The van der Waals surface area contributed by atoms with Gasteiger partial charge in [-0.2, -0.15) is 0 Å². The lowest BCUT2D eigenvalue weighted by atomic mass is 9.87. The van der Waals surface area contributed by atoms with Gasteiger partial charge in [-0.15, -0.1) is 0 Å². The van der Waals surface area contributed by atoms with E-state index in [1.54, 1.807) is 0 Å². The Morgan fingerprint density at radius 3 is 2.29 bits per heavy atom. The minimum Gasteiger partial charge on any atom is -0.478 e. The van der Waals surface area contributed by atoms with Gasteiger partial charge in [0.15, 0.2) is 11.6 Å². The number of halogens is 3. The van der Waals surface area contributed by atoms with E-state index >= 15 is 0 Å². The van der Waals surface area contributed by atoms with E-state index in [0.717, 1.165) is 0 Å². The van der Waals surface area contributed by atoms with Crippen molar-refractivity contribution in [1.82, 2.24) is 10.2 Å². The number of aromatic nitrogens is 2. The van der Waals surface area contributed by atoms with Crippen molar-refractivity contribution < 1.29 is 32.6 Å². The lowest BCUT2D eigenvalue weighted by Gasteiger charge is -2.17. The summed E-state index contributed by atoms with van der Waals surface area (Å²) in [5.41, 5.74) is -0.133. The molecule has 0 bridgehead atoms. The highest BCUT2D eigenvalue weighted by molar-refractivity contribution is 5.87. The van der Waals surface area contributed by atoms with Crippen molar-refractivity contribution in [1.29, 1.82) is 0 Å². The number of hydrogen-bond acceptors (Lipinski definition) is 4. The lowest BCUT2D eigenvalue weighted by molar-refractivity contribution is -0.140. The van der Waals surface area contributed by atoms with Crippen molar-refractivity contribution >= 4 is 11.9 Å². The number of nitrogens with one attached hydrogen (secondary N) is 2. The van der Waals surface area contributed by atoms with E-state index < -0.39 is 40.9 Å². The largest absolute Gasteiger partial charge is 0.478 e. The van der Waals surface area contributed by atoms with Gasteiger partial charge in [-0.05, 0) is 29.3 Å². The molecular formula is C21H17F3N2O5. The number of esters is 1. The maximum atomic E-state index is 14.1. The monoisotopic (exact) mass is 434 g/mol. The Morgan fingerprint density at radius 1 is 1.03 bits per heavy atom. The van der Waals surface area contributed by atoms with Crippen LogP contribution in [0.5, 0.6) is 0 Å². The molecule has 0 fully saturated rings. The number of hydrogen-bond donors (Lipinski definition) is 3. The zero-order valence-electron chi connectivity index (χ0n) is 16.2. The van der Waals surface area contributed by atoms with Crippen LogP contribution in [0.2, 0.25) is 0 Å². The van der Waals surface area contributed by atoms with E-state index in [2.05, 4.69) is 10.2 Å². The fourth-order valence-corrected chi connectivity index (χ4v) is 3.30. The maximum absolute atomic E-state index is 14.1. The highest BCUT2D eigenvalue weighted by Crippen LogP contribution is 2.30. The summed E-state index contributed by atoms with van der Waals surface area (Å²) in [6.07, 6.45) is -0.556. The topological polar surface area (TPSA) is 112 Å². The molecule has 1 atom stereocenters. The van der Waals surface area contributed by atoms with Gasteiger partial charge in [-0.25, -0.2) is 18.0 Å². The van der Waals surface area contributed by atoms with Gasteiger partial charge < -0.3 is 14.9 Å². The fourth-order valence-electron chi connectivity index (χ4n) is 3.30. The molecule has 0 saturated heterocycles. The van der Waals surface area contributed by atoms with Crippen LogP contribution >= 0.6 is 0 Å². The number of aromatic carboxylic acids is 1. The quantitative estimate of drug-likeness (QED) is 0.391. The fraction of sp³-hybridized carbons (Fsp3) is 0.190. The molecule has 1 unspecified atom stereocenters. The van der Waals surface area contributed by atoms with Gasteiger partial charge in [0.25, 0.3) is 5.56 Å². The first-order valence-corrected chi connectivity index (χ1v) is 9.04. The summed E-state index contributed by atoms with van der Waals surface area (Å²) >= 11 is 0. The number of carbonyl (C=O) groups is 2. The van der Waals surface area contributed by atoms with Crippen molar-refractivity contribution in [2.75, 3.05) is 7.11 Å². The molecule has 31 heavy (non-hydrogen) atoms. The summed E-state index contributed by atoms with van der Waals surface area (Å²) in [6, 6.07) is 6.63. The molecule has 0 amide bonds. The van der Waals surface area contributed by atoms with Crippen LogP contribution in [0.1, 0.15) is 45.1 Å². The normalized spacial score (nSPS) is 11.9. The summed E-state index contributed by atoms with van der Waals surface area (Å²) in [6.45, 7) is 0. The Balaban J connectivity index is 2.07. The predicted octanol–water partition coefficient (Wildman–Crippen LogP) is 3.10. The summed E-state index contributed by atoms with van der Waals surface area (Å²) in [4.78, 5) is 35.6. The van der Waals surface area contributed by atoms with Crippen LogP contribution in [0.3, 0.4) is 0 Å². The number of aromatic amines is 2. The molecular weight excluding hydrogens is 417 g/mol. The average Bonchev–Trinajstić information content (AvgIpc) is 3.10. The molecule has 3 N–H and O–H groups in total. The number of rotatable bonds is 7. The van der Waals surface area contributed by atoms with Crippen molar-refractivity contribution in [3.63, 3.8) is 0 Å². The number of carbonyl (C=O) groups excluding carboxylic acids is 1. The first-order chi connectivity index (χ1) is 14.7. The van der Waals surface area contributed by atoms with Crippen LogP contribution in [0.15, 0.2) is 41.2 Å². The van der Waals surface area contributed by atoms with Gasteiger partial charge in [-0.1, -0.05) is 12.1 Å². The van der Waals surface area contributed by atoms with Crippen molar-refractivity contribution in [2.24, 2.45) is 0 Å². The Kier molecular flexibility index (Phi) is 6.28. The number of carboxylic acids is 1. The highest BCUT2D eigenvalue weighted by Gasteiger charge is 2.27.